The Labute approximate surface area is 141 Å². The molecule has 1 saturated heterocycles. The smallest absolute Gasteiger partial charge is 0.318 e. The SMILES string of the molecule is CC[C@@]1(c2ccccc2)NC(=O)N(NC(=O)C2CCCCC2)C1=O. The second kappa shape index (κ2) is 6.63. The fourth-order valence-electron chi connectivity index (χ4n) is 3.60. The molecule has 4 amide bonds. The lowest BCUT2D eigenvalue weighted by molar-refractivity contribution is -0.141. The lowest BCUT2D eigenvalue weighted by atomic mass is 9.87. The zero-order valence-corrected chi connectivity index (χ0v) is 13.9. The highest BCUT2D eigenvalue weighted by Gasteiger charge is 2.52. The van der Waals surface area contributed by atoms with Gasteiger partial charge in [0.1, 0.15) is 5.54 Å². The lowest BCUT2D eigenvalue weighted by Gasteiger charge is -2.26. The largest absolute Gasteiger partial charge is 0.344 e. The lowest BCUT2D eigenvalue weighted by Crippen LogP contribution is -2.50. The van der Waals surface area contributed by atoms with E-state index in [1.807, 2.05) is 37.3 Å². The molecule has 1 aromatic rings. The third kappa shape index (κ3) is 2.77. The number of nitrogens with zero attached hydrogens (tertiary/aromatic N) is 1. The Morgan fingerprint density at radius 2 is 1.88 bits per heavy atom. The molecule has 1 aliphatic heterocycles. The van der Waals surface area contributed by atoms with Gasteiger partial charge in [-0.15, -0.1) is 0 Å². The van der Waals surface area contributed by atoms with Crippen LogP contribution in [0.25, 0.3) is 0 Å². The van der Waals surface area contributed by atoms with Crippen LogP contribution in [0.15, 0.2) is 30.3 Å². The predicted molar refractivity (Wildman–Crippen MR) is 88.5 cm³/mol. The Bertz CT molecular complexity index is 640. The van der Waals surface area contributed by atoms with Gasteiger partial charge in [-0.1, -0.05) is 56.5 Å². The van der Waals surface area contributed by atoms with Gasteiger partial charge >= 0.3 is 6.03 Å². The molecule has 1 heterocycles. The van der Waals surface area contributed by atoms with Crippen molar-refractivity contribution < 1.29 is 14.4 Å². The van der Waals surface area contributed by atoms with Gasteiger partial charge in [-0.3, -0.25) is 15.0 Å². The molecule has 6 heteroatoms. The Hall–Kier alpha value is -2.37. The van der Waals surface area contributed by atoms with Crippen molar-refractivity contribution in [3.05, 3.63) is 35.9 Å². The molecule has 0 spiro atoms. The van der Waals surface area contributed by atoms with E-state index in [4.69, 9.17) is 0 Å². The van der Waals surface area contributed by atoms with Gasteiger partial charge in [0.05, 0.1) is 0 Å². The molecule has 1 aliphatic carbocycles. The van der Waals surface area contributed by atoms with E-state index in [1.54, 1.807) is 0 Å². The molecular formula is C18H23N3O3. The zero-order valence-electron chi connectivity index (χ0n) is 13.9. The average Bonchev–Trinajstić information content (AvgIpc) is 2.88. The van der Waals surface area contributed by atoms with Crippen LogP contribution in [0.4, 0.5) is 4.79 Å². The minimum atomic E-state index is -1.11. The number of carbonyl (C=O) groups excluding carboxylic acids is 3. The predicted octanol–water partition coefficient (Wildman–Crippen LogP) is 2.46. The maximum atomic E-state index is 12.9. The summed E-state index contributed by atoms with van der Waals surface area (Å²) in [6.45, 7) is 1.84. The molecule has 24 heavy (non-hydrogen) atoms. The number of benzene rings is 1. The van der Waals surface area contributed by atoms with E-state index in [0.717, 1.165) is 42.7 Å². The van der Waals surface area contributed by atoms with Gasteiger partial charge in [0, 0.05) is 5.92 Å². The van der Waals surface area contributed by atoms with Crippen molar-refractivity contribution in [3.8, 4) is 0 Å². The van der Waals surface area contributed by atoms with Crippen molar-refractivity contribution in [3.63, 3.8) is 0 Å². The summed E-state index contributed by atoms with van der Waals surface area (Å²) in [7, 11) is 0. The summed E-state index contributed by atoms with van der Waals surface area (Å²) in [5.41, 5.74) is 2.15. The number of amides is 4. The van der Waals surface area contributed by atoms with Crippen LogP contribution in [0.1, 0.15) is 51.0 Å². The molecule has 128 valence electrons. The second-order valence-corrected chi connectivity index (χ2v) is 6.51. The molecule has 2 aliphatic rings. The molecule has 1 atom stereocenters. The first-order valence-electron chi connectivity index (χ1n) is 8.61. The van der Waals surface area contributed by atoms with Crippen LogP contribution in [-0.4, -0.2) is 22.9 Å². The maximum absolute atomic E-state index is 12.9. The van der Waals surface area contributed by atoms with E-state index < -0.39 is 17.5 Å². The molecular weight excluding hydrogens is 306 g/mol. The summed E-state index contributed by atoms with van der Waals surface area (Å²) < 4.78 is 0. The molecule has 1 aromatic carbocycles. The summed E-state index contributed by atoms with van der Waals surface area (Å²) >= 11 is 0. The summed E-state index contributed by atoms with van der Waals surface area (Å²) in [6, 6.07) is 8.57. The number of hydrazine groups is 1. The van der Waals surface area contributed by atoms with Crippen LogP contribution in [-0.2, 0) is 15.1 Å². The van der Waals surface area contributed by atoms with E-state index in [1.165, 1.54) is 0 Å². The van der Waals surface area contributed by atoms with Gasteiger partial charge in [0.2, 0.25) is 5.91 Å². The third-order valence-electron chi connectivity index (χ3n) is 5.09. The number of rotatable bonds is 4. The fourth-order valence-corrected chi connectivity index (χ4v) is 3.60. The van der Waals surface area contributed by atoms with Gasteiger partial charge in [0.15, 0.2) is 0 Å². The van der Waals surface area contributed by atoms with E-state index in [2.05, 4.69) is 10.7 Å². The van der Waals surface area contributed by atoms with Crippen LogP contribution >= 0.6 is 0 Å². The quantitative estimate of drug-likeness (QED) is 0.833. The van der Waals surface area contributed by atoms with Gasteiger partial charge in [-0.25, -0.2) is 4.79 Å². The van der Waals surface area contributed by atoms with Crippen molar-refractivity contribution in [2.75, 3.05) is 0 Å². The number of carbonyl (C=O) groups is 3. The summed E-state index contributed by atoms with van der Waals surface area (Å²) in [6.07, 6.45) is 5.21. The van der Waals surface area contributed by atoms with Crippen LogP contribution in [0.2, 0.25) is 0 Å². The minimum Gasteiger partial charge on any atom is -0.318 e. The molecule has 0 aromatic heterocycles. The number of hydrogen-bond acceptors (Lipinski definition) is 3. The first-order chi connectivity index (χ1) is 11.6. The highest BCUT2D eigenvalue weighted by Crippen LogP contribution is 2.32. The highest BCUT2D eigenvalue weighted by atomic mass is 16.2. The number of hydrogen-bond donors (Lipinski definition) is 2. The fraction of sp³-hybridized carbons (Fsp3) is 0.500. The molecule has 6 nitrogen and oxygen atoms in total. The van der Waals surface area contributed by atoms with Gasteiger partial charge in [-0.2, -0.15) is 5.01 Å². The monoisotopic (exact) mass is 329 g/mol. The Balaban J connectivity index is 1.79. The highest BCUT2D eigenvalue weighted by molar-refractivity contribution is 6.08. The van der Waals surface area contributed by atoms with E-state index in [-0.39, 0.29) is 11.8 Å². The van der Waals surface area contributed by atoms with E-state index in [0.29, 0.717) is 6.42 Å². The Kier molecular flexibility index (Phi) is 4.55. The van der Waals surface area contributed by atoms with Gasteiger partial charge in [-0.05, 0) is 24.8 Å². The summed E-state index contributed by atoms with van der Waals surface area (Å²) in [5.74, 6) is -0.781. The van der Waals surface area contributed by atoms with Crippen LogP contribution in [0.5, 0.6) is 0 Å². The molecule has 3 rings (SSSR count). The minimum absolute atomic E-state index is 0.118. The van der Waals surface area contributed by atoms with E-state index >= 15 is 0 Å². The van der Waals surface area contributed by atoms with Crippen molar-refractivity contribution in [2.45, 2.75) is 51.0 Å². The average molecular weight is 329 g/mol. The first kappa shape index (κ1) is 16.5. The molecule has 2 N–H and O–H groups in total. The molecule has 0 unspecified atom stereocenters. The maximum Gasteiger partial charge on any atom is 0.344 e. The standard InChI is InChI=1S/C18H23N3O3/c1-2-18(14-11-7-4-8-12-14)16(23)21(17(24)19-18)20-15(22)13-9-5-3-6-10-13/h4,7-8,11-13H,2-3,5-6,9-10H2,1H3,(H,19,24)(H,20,22)/t18-/m0/s1. The molecule has 0 bridgehead atoms. The van der Waals surface area contributed by atoms with Gasteiger partial charge < -0.3 is 5.32 Å². The molecule has 0 radical (unpaired) electrons. The number of nitrogens with one attached hydrogen (secondary N) is 2. The van der Waals surface area contributed by atoms with Crippen molar-refractivity contribution in [1.82, 2.24) is 15.8 Å². The number of urea groups is 1. The van der Waals surface area contributed by atoms with E-state index in [9.17, 15) is 14.4 Å². The van der Waals surface area contributed by atoms with Crippen molar-refractivity contribution >= 4 is 17.8 Å². The zero-order chi connectivity index (χ0) is 17.2. The molecule has 2 fully saturated rings. The Morgan fingerprint density at radius 1 is 1.21 bits per heavy atom. The normalized spacial score (nSPS) is 24.8. The van der Waals surface area contributed by atoms with Crippen LogP contribution in [0, 0.1) is 5.92 Å². The van der Waals surface area contributed by atoms with Crippen LogP contribution < -0.4 is 10.7 Å². The Morgan fingerprint density at radius 3 is 2.50 bits per heavy atom. The second-order valence-electron chi connectivity index (χ2n) is 6.51. The van der Waals surface area contributed by atoms with Crippen molar-refractivity contribution in [1.29, 1.82) is 0 Å². The van der Waals surface area contributed by atoms with Crippen LogP contribution in [0.3, 0.4) is 0 Å². The molecule has 1 saturated carbocycles. The van der Waals surface area contributed by atoms with Crippen molar-refractivity contribution in [2.24, 2.45) is 5.92 Å². The topological polar surface area (TPSA) is 78.5 Å². The first-order valence-corrected chi connectivity index (χ1v) is 8.61. The summed E-state index contributed by atoms with van der Waals surface area (Å²) in [4.78, 5) is 37.6. The number of imide groups is 1. The summed E-state index contributed by atoms with van der Waals surface area (Å²) in [5, 5.41) is 3.62. The third-order valence-corrected chi connectivity index (χ3v) is 5.09. The van der Waals surface area contributed by atoms with Gasteiger partial charge in [0.25, 0.3) is 5.91 Å².